The summed E-state index contributed by atoms with van der Waals surface area (Å²) in [6, 6.07) is 4.65. The van der Waals surface area contributed by atoms with Crippen molar-refractivity contribution >= 4 is 11.5 Å². The Morgan fingerprint density at radius 3 is 2.56 bits per heavy atom. The van der Waals surface area contributed by atoms with Crippen molar-refractivity contribution in [3.05, 3.63) is 18.3 Å². The van der Waals surface area contributed by atoms with Crippen molar-refractivity contribution in [2.45, 2.75) is 32.7 Å². The third kappa shape index (κ3) is 3.13. The van der Waals surface area contributed by atoms with Crippen molar-refractivity contribution in [1.29, 1.82) is 0 Å². The number of anilines is 2. The average molecular weight is 248 g/mol. The Labute approximate surface area is 110 Å². The molecule has 2 rings (SSSR count). The lowest BCUT2D eigenvalue weighted by Crippen LogP contribution is -2.49. The van der Waals surface area contributed by atoms with Crippen molar-refractivity contribution < 1.29 is 0 Å². The van der Waals surface area contributed by atoms with Crippen LogP contribution in [-0.4, -0.2) is 42.1 Å². The summed E-state index contributed by atoms with van der Waals surface area (Å²) in [6.45, 7) is 9.05. The number of nitrogens with zero attached hydrogens (tertiary/aromatic N) is 3. The monoisotopic (exact) mass is 248 g/mol. The summed E-state index contributed by atoms with van der Waals surface area (Å²) in [5.74, 6) is 0.592. The lowest BCUT2D eigenvalue weighted by Gasteiger charge is -2.39. The van der Waals surface area contributed by atoms with E-state index in [1.165, 1.54) is 18.5 Å². The van der Waals surface area contributed by atoms with E-state index >= 15 is 0 Å². The van der Waals surface area contributed by atoms with Crippen LogP contribution >= 0.6 is 0 Å². The second-order valence-electron chi connectivity index (χ2n) is 5.10. The molecule has 1 fully saturated rings. The first-order valence-corrected chi connectivity index (χ1v) is 6.91. The van der Waals surface area contributed by atoms with Gasteiger partial charge in [-0.3, -0.25) is 4.90 Å². The highest BCUT2D eigenvalue weighted by molar-refractivity contribution is 5.48. The lowest BCUT2D eigenvalue weighted by molar-refractivity contribution is 0.188. The number of pyridine rings is 1. The molecule has 18 heavy (non-hydrogen) atoms. The Balaban J connectivity index is 1.88. The van der Waals surface area contributed by atoms with Gasteiger partial charge in [-0.1, -0.05) is 13.3 Å². The molecule has 4 nitrogen and oxygen atoms in total. The molecule has 0 aliphatic carbocycles. The summed E-state index contributed by atoms with van der Waals surface area (Å²) < 4.78 is 0. The van der Waals surface area contributed by atoms with Crippen LogP contribution < -0.4 is 10.6 Å². The van der Waals surface area contributed by atoms with Crippen LogP contribution in [0.3, 0.4) is 0 Å². The van der Waals surface area contributed by atoms with Crippen LogP contribution in [0.1, 0.15) is 26.7 Å². The van der Waals surface area contributed by atoms with Crippen molar-refractivity contribution in [2.24, 2.45) is 0 Å². The smallest absolute Gasteiger partial charge is 0.123 e. The van der Waals surface area contributed by atoms with Crippen molar-refractivity contribution in [3.63, 3.8) is 0 Å². The van der Waals surface area contributed by atoms with E-state index in [0.29, 0.717) is 11.9 Å². The lowest BCUT2D eigenvalue weighted by atomic mass is 10.1. The van der Waals surface area contributed by atoms with Crippen molar-refractivity contribution in [2.75, 3.05) is 36.8 Å². The zero-order chi connectivity index (χ0) is 13.0. The third-order valence-corrected chi connectivity index (χ3v) is 3.78. The first kappa shape index (κ1) is 13.1. The zero-order valence-corrected chi connectivity index (χ0v) is 11.5. The minimum Gasteiger partial charge on any atom is -0.384 e. The molecule has 1 saturated heterocycles. The van der Waals surface area contributed by atoms with Gasteiger partial charge in [-0.25, -0.2) is 4.98 Å². The average Bonchev–Trinajstić information content (AvgIpc) is 2.40. The highest BCUT2D eigenvalue weighted by Gasteiger charge is 2.20. The van der Waals surface area contributed by atoms with Crippen LogP contribution in [0.4, 0.5) is 11.5 Å². The number of nitrogens with two attached hydrogens (primary N) is 1. The van der Waals surface area contributed by atoms with Crippen LogP contribution in [0.2, 0.25) is 0 Å². The van der Waals surface area contributed by atoms with Crippen LogP contribution in [0, 0.1) is 0 Å². The van der Waals surface area contributed by atoms with E-state index in [0.717, 1.165) is 26.2 Å². The van der Waals surface area contributed by atoms with Crippen molar-refractivity contribution in [1.82, 2.24) is 9.88 Å². The summed E-state index contributed by atoms with van der Waals surface area (Å²) in [5, 5.41) is 0. The summed E-state index contributed by atoms with van der Waals surface area (Å²) >= 11 is 0. The molecule has 0 aromatic carbocycles. The quantitative estimate of drug-likeness (QED) is 0.885. The molecule has 1 aromatic rings. The molecule has 2 heterocycles. The molecular formula is C14H24N4. The standard InChI is InChI=1S/C14H24N4/c1-3-4-12(2)17-7-9-18(10-8-17)13-5-6-14(15)16-11-13/h5-6,11-12H,3-4,7-10H2,1-2H3,(H2,15,16). The maximum atomic E-state index is 5.61. The van der Waals surface area contributed by atoms with Gasteiger partial charge in [0.2, 0.25) is 0 Å². The summed E-state index contributed by atoms with van der Waals surface area (Å²) in [7, 11) is 0. The minimum atomic E-state index is 0.592. The largest absolute Gasteiger partial charge is 0.384 e. The van der Waals surface area contributed by atoms with E-state index in [9.17, 15) is 0 Å². The summed E-state index contributed by atoms with van der Waals surface area (Å²) in [6.07, 6.45) is 4.44. The molecule has 0 saturated carbocycles. The SMILES string of the molecule is CCCC(C)N1CCN(c2ccc(N)nc2)CC1. The Kier molecular flexibility index (Phi) is 4.42. The zero-order valence-electron chi connectivity index (χ0n) is 11.5. The molecule has 100 valence electrons. The molecule has 2 N–H and O–H groups in total. The van der Waals surface area contributed by atoms with Gasteiger partial charge in [0.15, 0.2) is 0 Å². The van der Waals surface area contributed by atoms with E-state index < -0.39 is 0 Å². The van der Waals surface area contributed by atoms with Gasteiger partial charge in [-0.05, 0) is 25.5 Å². The molecule has 1 aliphatic heterocycles. The fourth-order valence-corrected chi connectivity index (χ4v) is 2.61. The molecule has 0 spiro atoms. The Bertz CT molecular complexity index is 355. The molecule has 0 radical (unpaired) electrons. The van der Waals surface area contributed by atoms with E-state index in [-0.39, 0.29) is 0 Å². The highest BCUT2D eigenvalue weighted by atomic mass is 15.3. The van der Waals surface area contributed by atoms with Crippen LogP contribution in [0.25, 0.3) is 0 Å². The maximum Gasteiger partial charge on any atom is 0.123 e. The summed E-state index contributed by atoms with van der Waals surface area (Å²) in [4.78, 5) is 9.14. The Hall–Kier alpha value is -1.29. The van der Waals surface area contributed by atoms with Gasteiger partial charge < -0.3 is 10.6 Å². The normalized spacial score (nSPS) is 18.9. The molecule has 1 aliphatic rings. The molecule has 1 unspecified atom stereocenters. The van der Waals surface area contributed by atoms with Gasteiger partial charge in [-0.2, -0.15) is 0 Å². The molecule has 0 amide bonds. The van der Waals surface area contributed by atoms with Crippen LogP contribution in [0.15, 0.2) is 18.3 Å². The van der Waals surface area contributed by atoms with Gasteiger partial charge in [0.1, 0.15) is 5.82 Å². The number of hydrogen-bond donors (Lipinski definition) is 1. The first-order chi connectivity index (χ1) is 8.70. The van der Waals surface area contributed by atoms with Crippen molar-refractivity contribution in [3.8, 4) is 0 Å². The molecule has 0 bridgehead atoms. The Morgan fingerprint density at radius 2 is 2.00 bits per heavy atom. The fourth-order valence-electron chi connectivity index (χ4n) is 2.61. The van der Waals surface area contributed by atoms with Gasteiger partial charge in [0, 0.05) is 32.2 Å². The van der Waals surface area contributed by atoms with E-state index in [1.807, 2.05) is 12.3 Å². The second-order valence-corrected chi connectivity index (χ2v) is 5.10. The topological polar surface area (TPSA) is 45.4 Å². The van der Waals surface area contributed by atoms with Gasteiger partial charge in [-0.15, -0.1) is 0 Å². The van der Waals surface area contributed by atoms with E-state index in [2.05, 4.69) is 34.7 Å². The van der Waals surface area contributed by atoms with Gasteiger partial charge in [0.05, 0.1) is 11.9 Å². The first-order valence-electron chi connectivity index (χ1n) is 6.91. The molecular weight excluding hydrogens is 224 g/mol. The van der Waals surface area contributed by atoms with Crippen LogP contribution in [-0.2, 0) is 0 Å². The number of aromatic nitrogens is 1. The summed E-state index contributed by atoms with van der Waals surface area (Å²) in [5.41, 5.74) is 6.80. The van der Waals surface area contributed by atoms with Gasteiger partial charge in [0.25, 0.3) is 0 Å². The number of rotatable bonds is 4. The highest BCUT2D eigenvalue weighted by Crippen LogP contribution is 2.18. The number of nitrogen functional groups attached to an aromatic ring is 1. The van der Waals surface area contributed by atoms with E-state index in [4.69, 9.17) is 5.73 Å². The van der Waals surface area contributed by atoms with Crippen LogP contribution in [0.5, 0.6) is 0 Å². The fraction of sp³-hybridized carbons (Fsp3) is 0.643. The second kappa shape index (κ2) is 6.05. The predicted octanol–water partition coefficient (Wildman–Crippen LogP) is 1.97. The predicted molar refractivity (Wildman–Crippen MR) is 76.8 cm³/mol. The van der Waals surface area contributed by atoms with E-state index in [1.54, 1.807) is 0 Å². The molecule has 1 atom stereocenters. The Morgan fingerprint density at radius 1 is 1.28 bits per heavy atom. The maximum absolute atomic E-state index is 5.61. The van der Waals surface area contributed by atoms with Gasteiger partial charge >= 0.3 is 0 Å². The minimum absolute atomic E-state index is 0.592. The number of hydrogen-bond acceptors (Lipinski definition) is 4. The molecule has 4 heteroatoms. The third-order valence-electron chi connectivity index (χ3n) is 3.78. The molecule has 1 aromatic heterocycles. The number of piperazine rings is 1.